The molecular formula is C24H28N4O3. The summed E-state index contributed by atoms with van der Waals surface area (Å²) in [6.45, 7) is 3.42. The molecule has 1 fully saturated rings. The largest absolute Gasteiger partial charge is 0.352 e. The Kier molecular flexibility index (Phi) is 6.21. The molecule has 0 bridgehead atoms. The van der Waals surface area contributed by atoms with Crippen molar-refractivity contribution in [3.63, 3.8) is 0 Å². The highest BCUT2D eigenvalue weighted by Gasteiger charge is 2.23. The van der Waals surface area contributed by atoms with Crippen molar-refractivity contribution in [3.8, 4) is 0 Å². The lowest BCUT2D eigenvalue weighted by Crippen LogP contribution is -2.28. The third kappa shape index (κ3) is 4.87. The Balaban J connectivity index is 1.33. The molecule has 3 aromatic rings. The zero-order valence-electron chi connectivity index (χ0n) is 17.8. The fourth-order valence-electron chi connectivity index (χ4n) is 3.70. The molecule has 162 valence electrons. The van der Waals surface area contributed by atoms with Crippen LogP contribution in [0, 0.1) is 0 Å². The molecule has 1 aliphatic rings. The standard InChI is InChI=1S/C24H28N4O3/c1-2-14-27-20-5-3-4-6-21(20)28(24(27)31)15-13-22(29)25-16-17-7-9-18(10-8-17)23(30)26-19-11-12-19/h3-10,19H,2,11-16H2,1H3,(H,25,29)(H,26,30). The first-order valence-electron chi connectivity index (χ1n) is 10.9. The second-order valence-corrected chi connectivity index (χ2v) is 8.05. The number of aryl methyl sites for hydroxylation is 2. The third-order valence-electron chi connectivity index (χ3n) is 5.55. The van der Waals surface area contributed by atoms with Gasteiger partial charge in [0.25, 0.3) is 5.91 Å². The van der Waals surface area contributed by atoms with Gasteiger partial charge in [-0.3, -0.25) is 18.7 Å². The number of aromatic nitrogens is 2. The molecule has 2 aromatic carbocycles. The van der Waals surface area contributed by atoms with E-state index in [2.05, 4.69) is 10.6 Å². The van der Waals surface area contributed by atoms with Crippen molar-refractivity contribution in [3.05, 3.63) is 70.1 Å². The molecule has 0 spiro atoms. The van der Waals surface area contributed by atoms with Crippen molar-refractivity contribution in [1.82, 2.24) is 19.8 Å². The fourth-order valence-corrected chi connectivity index (χ4v) is 3.70. The molecular weight excluding hydrogens is 392 g/mol. The molecule has 7 heteroatoms. The number of fused-ring (bicyclic) bond motifs is 1. The monoisotopic (exact) mass is 420 g/mol. The van der Waals surface area contributed by atoms with E-state index in [1.807, 2.05) is 43.3 Å². The Morgan fingerprint density at radius 1 is 0.968 bits per heavy atom. The Morgan fingerprint density at radius 3 is 2.23 bits per heavy atom. The van der Waals surface area contributed by atoms with Crippen molar-refractivity contribution in [1.29, 1.82) is 0 Å². The number of para-hydroxylation sites is 2. The number of rotatable bonds is 9. The lowest BCUT2D eigenvalue weighted by molar-refractivity contribution is -0.121. The van der Waals surface area contributed by atoms with Crippen molar-refractivity contribution in [2.75, 3.05) is 0 Å². The number of hydrogen-bond donors (Lipinski definition) is 2. The summed E-state index contributed by atoms with van der Waals surface area (Å²) in [6, 6.07) is 15.3. The molecule has 0 atom stereocenters. The van der Waals surface area contributed by atoms with Gasteiger partial charge in [-0.25, -0.2) is 4.79 Å². The number of imidazole rings is 1. The average Bonchev–Trinajstić information content (AvgIpc) is 3.56. The van der Waals surface area contributed by atoms with Crippen LogP contribution in [0.2, 0.25) is 0 Å². The van der Waals surface area contributed by atoms with E-state index in [1.54, 1.807) is 21.3 Å². The molecule has 0 radical (unpaired) electrons. The van der Waals surface area contributed by atoms with E-state index < -0.39 is 0 Å². The minimum atomic E-state index is -0.116. The minimum absolute atomic E-state index is 0.0502. The van der Waals surface area contributed by atoms with Gasteiger partial charge in [-0.1, -0.05) is 31.2 Å². The summed E-state index contributed by atoms with van der Waals surface area (Å²) in [7, 11) is 0. The van der Waals surface area contributed by atoms with Gasteiger partial charge in [0, 0.05) is 37.7 Å². The van der Waals surface area contributed by atoms with E-state index in [4.69, 9.17) is 0 Å². The smallest absolute Gasteiger partial charge is 0.329 e. The highest BCUT2D eigenvalue weighted by Crippen LogP contribution is 2.19. The van der Waals surface area contributed by atoms with Crippen LogP contribution >= 0.6 is 0 Å². The van der Waals surface area contributed by atoms with E-state index >= 15 is 0 Å². The van der Waals surface area contributed by atoms with Crippen LogP contribution in [0.15, 0.2) is 53.3 Å². The van der Waals surface area contributed by atoms with E-state index in [0.717, 1.165) is 35.9 Å². The highest BCUT2D eigenvalue weighted by atomic mass is 16.2. The van der Waals surface area contributed by atoms with Gasteiger partial charge in [0.2, 0.25) is 5.91 Å². The number of amides is 2. The van der Waals surface area contributed by atoms with Crippen molar-refractivity contribution < 1.29 is 9.59 Å². The van der Waals surface area contributed by atoms with Crippen LogP contribution in [0.5, 0.6) is 0 Å². The maximum Gasteiger partial charge on any atom is 0.329 e. The summed E-state index contributed by atoms with van der Waals surface area (Å²) >= 11 is 0. The molecule has 0 unspecified atom stereocenters. The number of benzene rings is 2. The first-order chi connectivity index (χ1) is 15.1. The molecule has 31 heavy (non-hydrogen) atoms. The quantitative estimate of drug-likeness (QED) is 0.558. The first-order valence-corrected chi connectivity index (χ1v) is 10.9. The second-order valence-electron chi connectivity index (χ2n) is 8.05. The number of carbonyl (C=O) groups is 2. The van der Waals surface area contributed by atoms with Gasteiger partial charge in [0.1, 0.15) is 0 Å². The number of nitrogens with zero attached hydrogens (tertiary/aromatic N) is 2. The van der Waals surface area contributed by atoms with Crippen molar-refractivity contribution in [2.24, 2.45) is 0 Å². The van der Waals surface area contributed by atoms with Crippen LogP contribution in [-0.4, -0.2) is 27.0 Å². The van der Waals surface area contributed by atoms with Gasteiger partial charge in [-0.15, -0.1) is 0 Å². The summed E-state index contributed by atoms with van der Waals surface area (Å²) in [5, 5.41) is 5.86. The number of hydrogen-bond acceptors (Lipinski definition) is 3. The Bertz CT molecular complexity index is 1140. The summed E-state index contributed by atoms with van der Waals surface area (Å²) in [5.74, 6) is -0.166. The molecule has 7 nitrogen and oxygen atoms in total. The van der Waals surface area contributed by atoms with Crippen LogP contribution in [0.1, 0.15) is 48.5 Å². The molecule has 2 amide bonds. The summed E-state index contributed by atoms with van der Waals surface area (Å²) in [5.41, 5.74) is 3.24. The maximum absolute atomic E-state index is 12.8. The molecule has 4 rings (SSSR count). The SMILES string of the molecule is CCCn1c(=O)n(CCC(=O)NCc2ccc(C(=O)NC3CC3)cc2)c2ccccc21. The van der Waals surface area contributed by atoms with E-state index in [9.17, 15) is 14.4 Å². The molecule has 2 N–H and O–H groups in total. The Labute approximate surface area is 181 Å². The molecule has 0 aliphatic heterocycles. The zero-order chi connectivity index (χ0) is 21.8. The van der Waals surface area contributed by atoms with Gasteiger partial charge in [0.05, 0.1) is 11.0 Å². The second kappa shape index (κ2) is 9.20. The van der Waals surface area contributed by atoms with Gasteiger partial charge >= 0.3 is 5.69 Å². The van der Waals surface area contributed by atoms with Gasteiger partial charge in [-0.05, 0) is 49.1 Å². The van der Waals surface area contributed by atoms with Crippen LogP contribution in [0.3, 0.4) is 0 Å². The van der Waals surface area contributed by atoms with E-state index in [-0.39, 0.29) is 23.9 Å². The van der Waals surface area contributed by atoms with Gasteiger partial charge in [-0.2, -0.15) is 0 Å². The van der Waals surface area contributed by atoms with Gasteiger partial charge in [0.15, 0.2) is 0 Å². The first kappa shape index (κ1) is 20.9. The minimum Gasteiger partial charge on any atom is -0.352 e. The molecule has 1 aliphatic carbocycles. The van der Waals surface area contributed by atoms with Crippen molar-refractivity contribution >= 4 is 22.8 Å². The third-order valence-corrected chi connectivity index (χ3v) is 5.55. The van der Waals surface area contributed by atoms with Crippen LogP contribution in [-0.2, 0) is 24.4 Å². The molecule has 0 saturated heterocycles. The lowest BCUT2D eigenvalue weighted by Gasteiger charge is -2.08. The predicted molar refractivity (Wildman–Crippen MR) is 120 cm³/mol. The van der Waals surface area contributed by atoms with E-state index in [1.165, 1.54) is 0 Å². The van der Waals surface area contributed by atoms with Gasteiger partial charge < -0.3 is 10.6 Å². The van der Waals surface area contributed by atoms with Crippen LogP contribution in [0.25, 0.3) is 11.0 Å². The fraction of sp³-hybridized carbons (Fsp3) is 0.375. The number of nitrogens with one attached hydrogen (secondary N) is 2. The highest BCUT2D eigenvalue weighted by molar-refractivity contribution is 5.94. The summed E-state index contributed by atoms with van der Waals surface area (Å²) in [4.78, 5) is 37.2. The Morgan fingerprint density at radius 2 is 1.61 bits per heavy atom. The van der Waals surface area contributed by atoms with Crippen LogP contribution < -0.4 is 16.3 Å². The summed E-state index contributed by atoms with van der Waals surface area (Å²) in [6.07, 6.45) is 3.21. The molecule has 1 heterocycles. The summed E-state index contributed by atoms with van der Waals surface area (Å²) < 4.78 is 3.45. The van der Waals surface area contributed by atoms with Crippen molar-refractivity contribution in [2.45, 2.75) is 58.3 Å². The lowest BCUT2D eigenvalue weighted by atomic mass is 10.1. The normalized spacial score (nSPS) is 13.3. The predicted octanol–water partition coefficient (Wildman–Crippen LogP) is 2.81. The van der Waals surface area contributed by atoms with Crippen LogP contribution in [0.4, 0.5) is 0 Å². The molecule has 1 saturated carbocycles. The number of carbonyl (C=O) groups excluding carboxylic acids is 2. The molecule has 1 aromatic heterocycles. The zero-order valence-corrected chi connectivity index (χ0v) is 17.8. The topological polar surface area (TPSA) is 85.1 Å². The maximum atomic E-state index is 12.8. The van der Waals surface area contributed by atoms with E-state index in [0.29, 0.717) is 31.2 Å². The average molecular weight is 421 g/mol. The Hall–Kier alpha value is -3.35.